The fraction of sp³-hybridized carbons (Fsp3) is 0.682. The van der Waals surface area contributed by atoms with Crippen molar-refractivity contribution in [1.29, 1.82) is 0 Å². The number of carbonyl (C=O) groups is 1. The summed E-state index contributed by atoms with van der Waals surface area (Å²) in [4.78, 5) is 15.8. The van der Waals surface area contributed by atoms with Crippen molar-refractivity contribution >= 4 is 5.91 Å². The second kappa shape index (κ2) is 9.00. The lowest BCUT2D eigenvalue weighted by molar-refractivity contribution is -0.132. The van der Waals surface area contributed by atoms with E-state index in [9.17, 15) is 15.0 Å². The van der Waals surface area contributed by atoms with Crippen LogP contribution in [0.1, 0.15) is 30.9 Å². The Morgan fingerprint density at radius 1 is 1.10 bits per heavy atom. The van der Waals surface area contributed by atoms with Gasteiger partial charge in [0.2, 0.25) is 5.91 Å². The third-order valence-electron chi connectivity index (χ3n) is 6.06. The van der Waals surface area contributed by atoms with E-state index in [0.717, 1.165) is 5.56 Å². The van der Waals surface area contributed by atoms with Crippen LogP contribution in [0.4, 0.5) is 0 Å². The topological polar surface area (TPSA) is 82.5 Å². The molecule has 2 heterocycles. The quantitative estimate of drug-likeness (QED) is 0.763. The summed E-state index contributed by atoms with van der Waals surface area (Å²) in [5, 5.41) is 22.3. The van der Waals surface area contributed by atoms with Gasteiger partial charge in [-0.25, -0.2) is 0 Å². The maximum Gasteiger partial charge on any atom is 0.219 e. The van der Waals surface area contributed by atoms with E-state index in [4.69, 9.17) is 9.47 Å². The SMILES string of the molecule is CC(=O)N1CCN(CC2(O)CCOCC2)CC(O)(COc2ccc(C)c(C)c2)C1. The van der Waals surface area contributed by atoms with Crippen LogP contribution >= 0.6 is 0 Å². The minimum absolute atomic E-state index is 0.0683. The highest BCUT2D eigenvalue weighted by atomic mass is 16.5. The van der Waals surface area contributed by atoms with Crippen LogP contribution in [0.25, 0.3) is 0 Å². The predicted molar refractivity (Wildman–Crippen MR) is 110 cm³/mol. The summed E-state index contributed by atoms with van der Waals surface area (Å²) in [6.45, 7) is 8.89. The van der Waals surface area contributed by atoms with Gasteiger partial charge >= 0.3 is 0 Å². The van der Waals surface area contributed by atoms with Gasteiger partial charge in [-0.1, -0.05) is 6.07 Å². The van der Waals surface area contributed by atoms with Crippen LogP contribution in [-0.2, 0) is 9.53 Å². The molecule has 29 heavy (non-hydrogen) atoms. The number of benzene rings is 1. The van der Waals surface area contributed by atoms with Crippen LogP contribution in [0.3, 0.4) is 0 Å². The van der Waals surface area contributed by atoms with E-state index < -0.39 is 11.2 Å². The van der Waals surface area contributed by atoms with Crippen LogP contribution < -0.4 is 4.74 Å². The highest BCUT2D eigenvalue weighted by Gasteiger charge is 2.40. The summed E-state index contributed by atoms with van der Waals surface area (Å²) >= 11 is 0. The van der Waals surface area contributed by atoms with Gasteiger partial charge in [-0.05, 0) is 37.1 Å². The first-order valence-corrected chi connectivity index (χ1v) is 10.4. The number of hydrogen-bond donors (Lipinski definition) is 2. The molecular weight excluding hydrogens is 372 g/mol. The molecule has 2 N–H and O–H groups in total. The van der Waals surface area contributed by atoms with Crippen molar-refractivity contribution in [3.63, 3.8) is 0 Å². The summed E-state index contributed by atoms with van der Waals surface area (Å²) in [5.74, 6) is 0.635. The third-order valence-corrected chi connectivity index (χ3v) is 6.06. The summed E-state index contributed by atoms with van der Waals surface area (Å²) in [5.41, 5.74) is 0.273. The third kappa shape index (κ3) is 5.92. The Morgan fingerprint density at radius 2 is 1.83 bits per heavy atom. The molecule has 1 atom stereocenters. The number of ether oxygens (including phenoxy) is 2. The van der Waals surface area contributed by atoms with Crippen molar-refractivity contribution in [2.45, 2.75) is 44.8 Å². The average Bonchev–Trinajstić information content (AvgIpc) is 2.82. The van der Waals surface area contributed by atoms with Crippen molar-refractivity contribution in [3.8, 4) is 5.75 Å². The number of aliphatic hydroxyl groups is 2. The van der Waals surface area contributed by atoms with Crippen molar-refractivity contribution in [1.82, 2.24) is 9.80 Å². The number of hydrogen-bond acceptors (Lipinski definition) is 6. The van der Waals surface area contributed by atoms with Crippen molar-refractivity contribution < 1.29 is 24.5 Å². The molecule has 1 amide bonds. The van der Waals surface area contributed by atoms with Crippen LogP contribution in [0, 0.1) is 13.8 Å². The molecule has 162 valence electrons. The number of carbonyl (C=O) groups excluding carboxylic acids is 1. The standard InChI is InChI=1S/C22H34N2O5/c1-17-4-5-20(12-18(17)2)29-16-22(27)14-23(8-9-24(15-22)19(3)25)13-21(26)6-10-28-11-7-21/h4-5,12,26-27H,6-11,13-16H2,1-3H3. The molecule has 1 aromatic rings. The highest BCUT2D eigenvalue weighted by molar-refractivity contribution is 5.73. The number of amides is 1. The fourth-order valence-corrected chi connectivity index (χ4v) is 4.08. The van der Waals surface area contributed by atoms with E-state index in [-0.39, 0.29) is 19.1 Å². The lowest BCUT2D eigenvalue weighted by atomic mass is 9.93. The van der Waals surface area contributed by atoms with E-state index in [1.165, 1.54) is 12.5 Å². The Balaban J connectivity index is 1.71. The minimum atomic E-state index is -1.22. The smallest absolute Gasteiger partial charge is 0.219 e. The number of β-amino-alcohol motifs (C(OH)–C–C–N with tert-alkyl or cyclic N) is 2. The molecule has 3 rings (SSSR count). The monoisotopic (exact) mass is 406 g/mol. The van der Waals surface area contributed by atoms with Gasteiger partial charge in [-0.2, -0.15) is 0 Å². The van der Waals surface area contributed by atoms with Gasteiger partial charge in [0, 0.05) is 59.2 Å². The van der Waals surface area contributed by atoms with Gasteiger partial charge in [-0.15, -0.1) is 0 Å². The minimum Gasteiger partial charge on any atom is -0.490 e. The molecule has 0 radical (unpaired) electrons. The average molecular weight is 407 g/mol. The molecule has 0 spiro atoms. The van der Waals surface area contributed by atoms with Crippen molar-refractivity contribution in [2.75, 3.05) is 52.5 Å². The maximum atomic E-state index is 12.0. The van der Waals surface area contributed by atoms with E-state index >= 15 is 0 Å². The zero-order valence-corrected chi connectivity index (χ0v) is 17.8. The largest absolute Gasteiger partial charge is 0.490 e. The highest BCUT2D eigenvalue weighted by Crippen LogP contribution is 2.25. The lowest BCUT2D eigenvalue weighted by Crippen LogP contribution is -2.54. The molecular formula is C22H34N2O5. The molecule has 2 aliphatic rings. The summed E-state index contributed by atoms with van der Waals surface area (Å²) in [6.07, 6.45) is 1.16. The zero-order chi connectivity index (χ0) is 21.1. The Kier molecular flexibility index (Phi) is 6.83. The molecule has 7 heteroatoms. The van der Waals surface area contributed by atoms with Gasteiger partial charge in [0.05, 0.1) is 12.1 Å². The first-order chi connectivity index (χ1) is 13.7. The first-order valence-electron chi connectivity index (χ1n) is 10.4. The summed E-state index contributed by atoms with van der Waals surface area (Å²) < 4.78 is 11.3. The van der Waals surface area contributed by atoms with Crippen LogP contribution in [-0.4, -0.2) is 89.7 Å². The summed E-state index contributed by atoms with van der Waals surface area (Å²) in [7, 11) is 0. The molecule has 0 saturated carbocycles. The molecule has 2 fully saturated rings. The molecule has 0 aromatic heterocycles. The Hall–Kier alpha value is -1.67. The van der Waals surface area contributed by atoms with Crippen molar-refractivity contribution in [2.24, 2.45) is 0 Å². The second-order valence-corrected chi connectivity index (χ2v) is 8.75. The Labute approximate surface area is 173 Å². The lowest BCUT2D eigenvalue weighted by Gasteiger charge is -2.38. The molecule has 0 aliphatic carbocycles. The molecule has 1 unspecified atom stereocenters. The van der Waals surface area contributed by atoms with Crippen LogP contribution in [0.2, 0.25) is 0 Å². The fourth-order valence-electron chi connectivity index (χ4n) is 4.08. The Morgan fingerprint density at radius 3 is 2.48 bits per heavy atom. The molecule has 2 saturated heterocycles. The van der Waals surface area contributed by atoms with Crippen molar-refractivity contribution in [3.05, 3.63) is 29.3 Å². The molecule has 1 aromatic carbocycles. The van der Waals surface area contributed by atoms with E-state index in [1.54, 1.807) is 4.90 Å². The normalized spacial score (nSPS) is 25.5. The molecule has 0 bridgehead atoms. The number of aryl methyl sites for hydroxylation is 2. The summed E-state index contributed by atoms with van der Waals surface area (Å²) in [6, 6.07) is 5.85. The maximum absolute atomic E-state index is 12.0. The predicted octanol–water partition coefficient (Wildman–Crippen LogP) is 1.12. The zero-order valence-electron chi connectivity index (χ0n) is 17.8. The van der Waals surface area contributed by atoms with E-state index in [2.05, 4.69) is 4.90 Å². The Bertz CT molecular complexity index is 719. The van der Waals surface area contributed by atoms with Gasteiger partial charge in [-0.3, -0.25) is 9.69 Å². The molecule has 7 nitrogen and oxygen atoms in total. The van der Waals surface area contributed by atoms with E-state index in [1.807, 2.05) is 32.0 Å². The van der Waals surface area contributed by atoms with Gasteiger partial charge < -0.3 is 24.6 Å². The number of nitrogens with zero attached hydrogens (tertiary/aromatic N) is 2. The van der Waals surface area contributed by atoms with Crippen LogP contribution in [0.15, 0.2) is 18.2 Å². The van der Waals surface area contributed by atoms with Gasteiger partial charge in [0.15, 0.2) is 0 Å². The van der Waals surface area contributed by atoms with Crippen LogP contribution in [0.5, 0.6) is 5.75 Å². The number of rotatable bonds is 5. The van der Waals surface area contributed by atoms with E-state index in [0.29, 0.717) is 58.0 Å². The first kappa shape index (κ1) is 22.0. The second-order valence-electron chi connectivity index (χ2n) is 8.75. The molecule has 2 aliphatic heterocycles. The van der Waals surface area contributed by atoms with Gasteiger partial charge in [0.25, 0.3) is 0 Å². The van der Waals surface area contributed by atoms with Gasteiger partial charge in [0.1, 0.15) is 18.0 Å².